The van der Waals surface area contributed by atoms with E-state index in [4.69, 9.17) is 0 Å². The molecule has 0 amide bonds. The SMILES string of the molecule is Cc1ccc(C(C)(C)C)c(O)c1-c1nc2ccccc2s1. The van der Waals surface area contributed by atoms with Crippen LogP contribution in [0.3, 0.4) is 0 Å². The van der Waals surface area contributed by atoms with Crippen molar-refractivity contribution in [2.75, 3.05) is 0 Å². The molecule has 0 atom stereocenters. The van der Waals surface area contributed by atoms with Crippen molar-refractivity contribution in [3.8, 4) is 16.3 Å². The van der Waals surface area contributed by atoms with Crippen LogP contribution in [0.5, 0.6) is 5.75 Å². The molecule has 2 nitrogen and oxygen atoms in total. The predicted molar refractivity (Wildman–Crippen MR) is 90.2 cm³/mol. The van der Waals surface area contributed by atoms with Crippen molar-refractivity contribution in [1.82, 2.24) is 4.98 Å². The molecule has 3 rings (SSSR count). The number of hydrogen-bond donors (Lipinski definition) is 1. The molecule has 2 aromatic carbocycles. The second-order valence-electron chi connectivity index (χ2n) is 6.39. The Morgan fingerprint density at radius 3 is 2.43 bits per heavy atom. The van der Waals surface area contributed by atoms with Gasteiger partial charge in [-0.05, 0) is 35.6 Å². The number of benzene rings is 2. The molecule has 1 N–H and O–H groups in total. The van der Waals surface area contributed by atoms with Gasteiger partial charge in [0.25, 0.3) is 0 Å². The lowest BCUT2D eigenvalue weighted by Crippen LogP contribution is -2.11. The number of nitrogens with zero attached hydrogens (tertiary/aromatic N) is 1. The van der Waals surface area contributed by atoms with Crippen molar-refractivity contribution in [2.45, 2.75) is 33.1 Å². The Balaban J connectivity index is 2.26. The molecule has 0 fully saturated rings. The molecule has 0 spiro atoms. The molecule has 0 radical (unpaired) electrons. The van der Waals surface area contributed by atoms with Gasteiger partial charge in [0.1, 0.15) is 10.8 Å². The Labute approximate surface area is 129 Å². The summed E-state index contributed by atoms with van der Waals surface area (Å²) in [5.74, 6) is 0.363. The predicted octanol–water partition coefficient (Wildman–Crippen LogP) is 5.27. The summed E-state index contributed by atoms with van der Waals surface area (Å²) in [5, 5.41) is 11.6. The van der Waals surface area contributed by atoms with E-state index in [0.29, 0.717) is 5.75 Å². The van der Waals surface area contributed by atoms with Gasteiger partial charge < -0.3 is 5.11 Å². The molecule has 1 heterocycles. The van der Waals surface area contributed by atoms with Gasteiger partial charge in [0.15, 0.2) is 0 Å². The number of aryl methyl sites for hydroxylation is 1. The molecule has 21 heavy (non-hydrogen) atoms. The third-order valence-corrected chi connectivity index (χ3v) is 4.76. The molecule has 0 aliphatic carbocycles. The number of phenols is 1. The van der Waals surface area contributed by atoms with E-state index in [1.54, 1.807) is 11.3 Å². The van der Waals surface area contributed by atoms with Crippen LogP contribution in [0, 0.1) is 6.92 Å². The van der Waals surface area contributed by atoms with Crippen molar-refractivity contribution < 1.29 is 5.11 Å². The molecular weight excluding hydrogens is 278 g/mol. The molecule has 3 heteroatoms. The summed E-state index contributed by atoms with van der Waals surface area (Å²) in [6.07, 6.45) is 0. The fraction of sp³-hybridized carbons (Fsp3) is 0.278. The summed E-state index contributed by atoms with van der Waals surface area (Å²) in [7, 11) is 0. The summed E-state index contributed by atoms with van der Waals surface area (Å²) < 4.78 is 1.15. The lowest BCUT2D eigenvalue weighted by Gasteiger charge is -2.22. The largest absolute Gasteiger partial charge is 0.507 e. The van der Waals surface area contributed by atoms with Gasteiger partial charge in [-0.3, -0.25) is 0 Å². The summed E-state index contributed by atoms with van der Waals surface area (Å²) in [4.78, 5) is 4.69. The number of aromatic hydroxyl groups is 1. The third kappa shape index (κ3) is 2.42. The standard InChI is InChI=1S/C18H19NOS/c1-11-9-10-12(18(2,3)4)16(20)15(11)17-19-13-7-5-6-8-14(13)21-17/h5-10,20H,1-4H3. The zero-order valence-corrected chi connectivity index (χ0v) is 13.6. The van der Waals surface area contributed by atoms with Crippen molar-refractivity contribution in [3.05, 3.63) is 47.5 Å². The normalized spacial score (nSPS) is 12.0. The maximum atomic E-state index is 10.8. The van der Waals surface area contributed by atoms with Crippen LogP contribution >= 0.6 is 11.3 Å². The van der Waals surface area contributed by atoms with Gasteiger partial charge in [-0.25, -0.2) is 4.98 Å². The van der Waals surface area contributed by atoms with E-state index in [-0.39, 0.29) is 5.41 Å². The molecule has 3 aromatic rings. The van der Waals surface area contributed by atoms with Gasteiger partial charge >= 0.3 is 0 Å². The highest BCUT2D eigenvalue weighted by Gasteiger charge is 2.23. The van der Waals surface area contributed by atoms with Crippen molar-refractivity contribution in [3.63, 3.8) is 0 Å². The Bertz CT molecular complexity index is 779. The lowest BCUT2D eigenvalue weighted by molar-refractivity contribution is 0.448. The molecule has 0 saturated carbocycles. The quantitative estimate of drug-likeness (QED) is 0.663. The summed E-state index contributed by atoms with van der Waals surface area (Å²) in [5.41, 5.74) is 3.77. The first-order chi connectivity index (χ1) is 9.88. The average molecular weight is 297 g/mol. The average Bonchev–Trinajstić information content (AvgIpc) is 2.80. The van der Waals surface area contributed by atoms with E-state index in [1.165, 1.54) is 0 Å². The van der Waals surface area contributed by atoms with E-state index in [9.17, 15) is 5.11 Å². The first-order valence-electron chi connectivity index (χ1n) is 7.07. The molecule has 0 aliphatic rings. The Morgan fingerprint density at radius 1 is 1.05 bits per heavy atom. The minimum Gasteiger partial charge on any atom is -0.507 e. The van der Waals surface area contributed by atoms with Crippen LogP contribution < -0.4 is 0 Å². The Hall–Kier alpha value is -1.87. The van der Waals surface area contributed by atoms with E-state index in [0.717, 1.165) is 31.9 Å². The molecule has 0 saturated heterocycles. The Kier molecular flexibility index (Phi) is 3.25. The number of para-hydroxylation sites is 1. The highest BCUT2D eigenvalue weighted by Crippen LogP contribution is 2.42. The first-order valence-corrected chi connectivity index (χ1v) is 7.88. The third-order valence-electron chi connectivity index (χ3n) is 3.70. The van der Waals surface area contributed by atoms with E-state index >= 15 is 0 Å². The van der Waals surface area contributed by atoms with Crippen molar-refractivity contribution >= 4 is 21.6 Å². The number of hydrogen-bond acceptors (Lipinski definition) is 3. The van der Waals surface area contributed by atoms with Crippen molar-refractivity contribution in [2.24, 2.45) is 0 Å². The van der Waals surface area contributed by atoms with Crippen LogP contribution in [0.4, 0.5) is 0 Å². The lowest BCUT2D eigenvalue weighted by atomic mass is 9.84. The van der Waals surface area contributed by atoms with Gasteiger partial charge in [0, 0.05) is 0 Å². The van der Waals surface area contributed by atoms with Gasteiger partial charge in [-0.1, -0.05) is 45.0 Å². The molecule has 0 aliphatic heterocycles. The minimum absolute atomic E-state index is 0.0940. The van der Waals surface area contributed by atoms with Crippen LogP contribution in [-0.2, 0) is 5.41 Å². The molecule has 1 aromatic heterocycles. The van der Waals surface area contributed by atoms with Gasteiger partial charge in [0.05, 0.1) is 15.8 Å². The highest BCUT2D eigenvalue weighted by molar-refractivity contribution is 7.21. The van der Waals surface area contributed by atoms with Crippen LogP contribution in [-0.4, -0.2) is 10.1 Å². The van der Waals surface area contributed by atoms with Gasteiger partial charge in [0.2, 0.25) is 0 Å². The molecule has 0 unspecified atom stereocenters. The highest BCUT2D eigenvalue weighted by atomic mass is 32.1. The molecular formula is C18H19NOS. The van der Waals surface area contributed by atoms with Crippen LogP contribution in [0.25, 0.3) is 20.8 Å². The number of phenolic OH excluding ortho intramolecular Hbond substituents is 1. The van der Waals surface area contributed by atoms with E-state index in [2.05, 4.69) is 37.9 Å². The van der Waals surface area contributed by atoms with E-state index in [1.807, 2.05) is 31.2 Å². The second-order valence-corrected chi connectivity index (χ2v) is 7.42. The fourth-order valence-corrected chi connectivity index (χ4v) is 3.62. The topological polar surface area (TPSA) is 33.1 Å². The number of fused-ring (bicyclic) bond motifs is 1. The number of aromatic nitrogens is 1. The summed E-state index contributed by atoms with van der Waals surface area (Å²) >= 11 is 1.63. The zero-order chi connectivity index (χ0) is 15.2. The maximum absolute atomic E-state index is 10.8. The zero-order valence-electron chi connectivity index (χ0n) is 12.8. The Morgan fingerprint density at radius 2 is 1.76 bits per heavy atom. The molecule has 0 bridgehead atoms. The minimum atomic E-state index is -0.0940. The second kappa shape index (κ2) is 4.85. The fourth-order valence-electron chi connectivity index (χ4n) is 2.55. The first kappa shape index (κ1) is 14.1. The maximum Gasteiger partial charge on any atom is 0.129 e. The van der Waals surface area contributed by atoms with Crippen LogP contribution in [0.15, 0.2) is 36.4 Å². The molecule has 108 valence electrons. The van der Waals surface area contributed by atoms with Crippen LogP contribution in [0.1, 0.15) is 31.9 Å². The summed E-state index contributed by atoms with van der Waals surface area (Å²) in [6.45, 7) is 8.35. The number of rotatable bonds is 1. The van der Waals surface area contributed by atoms with Gasteiger partial charge in [-0.15, -0.1) is 11.3 Å². The van der Waals surface area contributed by atoms with Gasteiger partial charge in [-0.2, -0.15) is 0 Å². The van der Waals surface area contributed by atoms with Crippen molar-refractivity contribution in [1.29, 1.82) is 0 Å². The monoisotopic (exact) mass is 297 g/mol. The van der Waals surface area contributed by atoms with Crippen LogP contribution in [0.2, 0.25) is 0 Å². The number of thiazole rings is 1. The van der Waals surface area contributed by atoms with E-state index < -0.39 is 0 Å². The summed E-state index contributed by atoms with van der Waals surface area (Å²) in [6, 6.07) is 12.2. The smallest absolute Gasteiger partial charge is 0.129 e.